The van der Waals surface area contributed by atoms with Crippen molar-refractivity contribution >= 4 is 23.2 Å². The number of hydrogen-bond acceptors (Lipinski definition) is 2. The van der Waals surface area contributed by atoms with Crippen LogP contribution in [0.1, 0.15) is 77.0 Å². The minimum absolute atomic E-state index is 0.0459. The molecule has 1 aromatic carbocycles. The smallest absolute Gasteiger partial charge is 0.224 e. The summed E-state index contributed by atoms with van der Waals surface area (Å²) in [4.78, 5) is 24.6. The molecule has 3 rings (SSSR count). The van der Waals surface area contributed by atoms with E-state index < -0.39 is 0 Å². The minimum Gasteiger partial charge on any atom is -0.324 e. The fraction of sp³-hybridized carbons (Fsp3) is 0.636. The molecule has 142 valence electrons. The van der Waals surface area contributed by atoms with Gasteiger partial charge in [-0.2, -0.15) is 0 Å². The first-order valence-corrected chi connectivity index (χ1v) is 10.4. The van der Waals surface area contributed by atoms with E-state index in [1.165, 1.54) is 51.4 Å². The van der Waals surface area contributed by atoms with Crippen LogP contribution in [-0.4, -0.2) is 11.8 Å². The normalized spacial score (nSPS) is 18.2. The van der Waals surface area contributed by atoms with E-state index in [9.17, 15) is 9.59 Å². The maximum Gasteiger partial charge on any atom is 0.224 e. The number of anilines is 2. The van der Waals surface area contributed by atoms with Crippen LogP contribution in [0.2, 0.25) is 0 Å². The largest absolute Gasteiger partial charge is 0.324 e. The number of rotatable bonds is 8. The summed E-state index contributed by atoms with van der Waals surface area (Å²) in [6.07, 6.45) is 13.4. The van der Waals surface area contributed by atoms with Crippen molar-refractivity contribution < 1.29 is 9.59 Å². The first kappa shape index (κ1) is 18.9. The maximum absolute atomic E-state index is 12.3. The van der Waals surface area contributed by atoms with E-state index in [1.807, 2.05) is 24.3 Å². The summed E-state index contributed by atoms with van der Waals surface area (Å²) in [5, 5.41) is 5.97. The molecular weight excluding hydrogens is 324 g/mol. The van der Waals surface area contributed by atoms with Crippen molar-refractivity contribution in [3.8, 4) is 0 Å². The summed E-state index contributed by atoms with van der Waals surface area (Å²) in [6.45, 7) is 0. The number of benzene rings is 1. The highest BCUT2D eigenvalue weighted by atomic mass is 16.2. The molecule has 0 aromatic heterocycles. The lowest BCUT2D eigenvalue weighted by Crippen LogP contribution is -2.17. The molecule has 1 aromatic rings. The number of hydrogen-bond donors (Lipinski definition) is 2. The molecule has 2 N–H and O–H groups in total. The Bertz CT molecular complexity index is 549. The Kier molecular flexibility index (Phi) is 7.10. The van der Waals surface area contributed by atoms with Crippen LogP contribution in [0.25, 0.3) is 0 Å². The number of para-hydroxylation sites is 2. The molecule has 2 aliphatic rings. The Morgan fingerprint density at radius 2 is 1.12 bits per heavy atom. The fourth-order valence-corrected chi connectivity index (χ4v) is 4.40. The van der Waals surface area contributed by atoms with Gasteiger partial charge in [-0.3, -0.25) is 9.59 Å². The van der Waals surface area contributed by atoms with Gasteiger partial charge in [-0.05, 0) is 36.8 Å². The van der Waals surface area contributed by atoms with Crippen molar-refractivity contribution in [1.29, 1.82) is 0 Å². The highest BCUT2D eigenvalue weighted by molar-refractivity contribution is 5.99. The van der Waals surface area contributed by atoms with Crippen LogP contribution in [0.4, 0.5) is 11.4 Å². The van der Waals surface area contributed by atoms with Gasteiger partial charge in [0.1, 0.15) is 0 Å². The highest BCUT2D eigenvalue weighted by Crippen LogP contribution is 2.30. The molecule has 0 radical (unpaired) electrons. The second kappa shape index (κ2) is 9.75. The molecular formula is C22H32N2O2. The Morgan fingerprint density at radius 3 is 1.50 bits per heavy atom. The second-order valence-electron chi connectivity index (χ2n) is 8.02. The average Bonchev–Trinajstić information content (AvgIpc) is 3.34. The van der Waals surface area contributed by atoms with Crippen molar-refractivity contribution in [2.75, 3.05) is 10.6 Å². The van der Waals surface area contributed by atoms with E-state index in [-0.39, 0.29) is 11.8 Å². The van der Waals surface area contributed by atoms with Crippen LogP contribution in [0.15, 0.2) is 24.3 Å². The Balaban J connectivity index is 1.46. The first-order valence-electron chi connectivity index (χ1n) is 10.4. The Hall–Kier alpha value is -1.84. The first-order chi connectivity index (χ1) is 12.7. The molecule has 2 aliphatic carbocycles. The van der Waals surface area contributed by atoms with Gasteiger partial charge in [0.15, 0.2) is 0 Å². The zero-order valence-corrected chi connectivity index (χ0v) is 15.8. The summed E-state index contributed by atoms with van der Waals surface area (Å²) in [5.41, 5.74) is 1.41. The van der Waals surface area contributed by atoms with Gasteiger partial charge in [0.25, 0.3) is 0 Å². The molecule has 26 heavy (non-hydrogen) atoms. The molecule has 4 heteroatoms. The maximum atomic E-state index is 12.3. The molecule has 0 aliphatic heterocycles. The Morgan fingerprint density at radius 1 is 0.731 bits per heavy atom. The lowest BCUT2D eigenvalue weighted by Gasteiger charge is -2.14. The zero-order chi connectivity index (χ0) is 18.2. The van der Waals surface area contributed by atoms with Gasteiger partial charge in [0.2, 0.25) is 11.8 Å². The van der Waals surface area contributed by atoms with Crippen molar-refractivity contribution in [3.05, 3.63) is 24.3 Å². The zero-order valence-electron chi connectivity index (χ0n) is 15.8. The van der Waals surface area contributed by atoms with Gasteiger partial charge >= 0.3 is 0 Å². The van der Waals surface area contributed by atoms with E-state index in [2.05, 4.69) is 10.6 Å². The van der Waals surface area contributed by atoms with Crippen molar-refractivity contribution in [2.24, 2.45) is 11.8 Å². The minimum atomic E-state index is 0.0459. The molecule has 2 fully saturated rings. The van der Waals surface area contributed by atoms with Crippen LogP contribution in [-0.2, 0) is 9.59 Å². The molecule has 0 spiro atoms. The van der Waals surface area contributed by atoms with Gasteiger partial charge in [-0.15, -0.1) is 0 Å². The topological polar surface area (TPSA) is 58.2 Å². The molecule has 0 heterocycles. The van der Waals surface area contributed by atoms with E-state index >= 15 is 0 Å². The van der Waals surface area contributed by atoms with Crippen LogP contribution in [0.5, 0.6) is 0 Å². The summed E-state index contributed by atoms with van der Waals surface area (Å²) in [6, 6.07) is 7.50. The standard InChI is InChI=1S/C22H32N2O2/c25-21(15-13-17-7-1-2-8-17)23-19-11-5-6-12-20(19)24-22(26)16-14-18-9-3-4-10-18/h5-6,11-12,17-18H,1-4,7-10,13-16H2,(H,23,25)(H,24,26). The lowest BCUT2D eigenvalue weighted by atomic mass is 10.0. The average molecular weight is 357 g/mol. The van der Waals surface area contributed by atoms with Gasteiger partial charge in [-0.1, -0.05) is 63.5 Å². The van der Waals surface area contributed by atoms with Crippen LogP contribution in [0.3, 0.4) is 0 Å². The number of carbonyl (C=O) groups excluding carboxylic acids is 2. The van der Waals surface area contributed by atoms with E-state index in [4.69, 9.17) is 0 Å². The van der Waals surface area contributed by atoms with Crippen molar-refractivity contribution in [1.82, 2.24) is 0 Å². The predicted molar refractivity (Wildman–Crippen MR) is 106 cm³/mol. The second-order valence-corrected chi connectivity index (χ2v) is 8.02. The van der Waals surface area contributed by atoms with Crippen molar-refractivity contribution in [2.45, 2.75) is 77.0 Å². The van der Waals surface area contributed by atoms with Crippen LogP contribution in [0, 0.1) is 11.8 Å². The number of carbonyl (C=O) groups is 2. The third kappa shape index (κ3) is 5.86. The summed E-state index contributed by atoms with van der Waals surface area (Å²) in [7, 11) is 0. The van der Waals surface area contributed by atoms with Crippen LogP contribution < -0.4 is 10.6 Å². The van der Waals surface area contributed by atoms with Gasteiger partial charge in [0.05, 0.1) is 11.4 Å². The summed E-state index contributed by atoms with van der Waals surface area (Å²) < 4.78 is 0. The monoisotopic (exact) mass is 356 g/mol. The lowest BCUT2D eigenvalue weighted by molar-refractivity contribution is -0.117. The van der Waals surface area contributed by atoms with Crippen LogP contribution >= 0.6 is 0 Å². The highest BCUT2D eigenvalue weighted by Gasteiger charge is 2.18. The van der Waals surface area contributed by atoms with E-state index in [0.717, 1.165) is 12.8 Å². The summed E-state index contributed by atoms with van der Waals surface area (Å²) in [5.74, 6) is 1.52. The molecule has 0 saturated heterocycles. The van der Waals surface area contributed by atoms with E-state index in [0.29, 0.717) is 36.1 Å². The predicted octanol–water partition coefficient (Wildman–Crippen LogP) is 5.50. The number of amides is 2. The number of nitrogens with one attached hydrogen (secondary N) is 2. The van der Waals surface area contributed by atoms with Gasteiger partial charge in [-0.25, -0.2) is 0 Å². The third-order valence-electron chi connectivity index (χ3n) is 5.98. The Labute approximate surface area is 157 Å². The molecule has 0 atom stereocenters. The van der Waals surface area contributed by atoms with Crippen molar-refractivity contribution in [3.63, 3.8) is 0 Å². The SMILES string of the molecule is O=C(CCC1CCCC1)Nc1ccccc1NC(=O)CCC1CCCC1. The summed E-state index contributed by atoms with van der Waals surface area (Å²) >= 11 is 0. The molecule has 2 amide bonds. The molecule has 4 nitrogen and oxygen atoms in total. The van der Waals surface area contributed by atoms with Gasteiger partial charge in [0, 0.05) is 12.8 Å². The van der Waals surface area contributed by atoms with Gasteiger partial charge < -0.3 is 10.6 Å². The molecule has 0 bridgehead atoms. The molecule has 2 saturated carbocycles. The van der Waals surface area contributed by atoms with E-state index in [1.54, 1.807) is 0 Å². The fourth-order valence-electron chi connectivity index (χ4n) is 4.40. The molecule has 0 unspecified atom stereocenters. The third-order valence-corrected chi connectivity index (χ3v) is 5.98. The quantitative estimate of drug-likeness (QED) is 0.646.